The van der Waals surface area contributed by atoms with Gasteiger partial charge in [0.05, 0.1) is 23.4 Å². The molecule has 14 heteroatoms. The van der Waals surface area contributed by atoms with Crippen LogP contribution in [0.2, 0.25) is 0 Å². The molecule has 0 spiro atoms. The summed E-state index contributed by atoms with van der Waals surface area (Å²) in [6, 6.07) is 17.4. The molecule has 0 radical (unpaired) electrons. The van der Waals surface area contributed by atoms with Crippen LogP contribution >= 0.6 is 27.3 Å². The highest BCUT2D eigenvalue weighted by Gasteiger charge is 2.29. The molecule has 5 rings (SSSR count). The number of anilines is 1. The molecule has 3 aromatic carbocycles. The fourth-order valence-electron chi connectivity index (χ4n) is 4.82. The summed E-state index contributed by atoms with van der Waals surface area (Å²) in [5.41, 5.74) is 3.60. The highest BCUT2D eigenvalue weighted by Crippen LogP contribution is 2.41. The number of nitrogens with zero attached hydrogens (tertiary/aromatic N) is 2. The number of benzene rings is 3. The zero-order chi connectivity index (χ0) is 31.8. The van der Waals surface area contributed by atoms with Crippen LogP contribution < -0.4 is 18.9 Å². The fraction of sp³-hybridized carbons (Fsp3) is 0.200. The Morgan fingerprint density at radius 1 is 1.11 bits per heavy atom. The second-order valence-corrected chi connectivity index (χ2v) is 15.3. The van der Waals surface area contributed by atoms with Crippen molar-refractivity contribution < 1.29 is 35.5 Å². The molecule has 1 amide bonds. The van der Waals surface area contributed by atoms with E-state index in [0.29, 0.717) is 28.6 Å². The molecule has 0 unspecified atom stereocenters. The van der Waals surface area contributed by atoms with Crippen molar-refractivity contribution in [3.8, 4) is 5.75 Å². The molecule has 0 bridgehead atoms. The Hall–Kier alpha value is -3.56. The Morgan fingerprint density at radius 3 is 2.57 bits per heavy atom. The van der Waals surface area contributed by atoms with Gasteiger partial charge in [-0.2, -0.15) is 4.57 Å². The lowest BCUT2D eigenvalue weighted by molar-refractivity contribution is -0.655. The summed E-state index contributed by atoms with van der Waals surface area (Å²) in [6.07, 6.45) is 5.24. The molecule has 0 saturated heterocycles. The van der Waals surface area contributed by atoms with Crippen LogP contribution in [-0.2, 0) is 38.0 Å². The van der Waals surface area contributed by atoms with Crippen molar-refractivity contribution in [3.63, 3.8) is 0 Å². The first-order valence-corrected chi connectivity index (χ1v) is 18.3. The largest absolute Gasteiger partial charge is 0.744 e. The van der Waals surface area contributed by atoms with E-state index in [0.717, 1.165) is 37.8 Å². The molecule has 44 heavy (non-hydrogen) atoms. The topological polar surface area (TPSA) is 137 Å². The van der Waals surface area contributed by atoms with Crippen LogP contribution in [0.5, 0.6) is 5.75 Å². The summed E-state index contributed by atoms with van der Waals surface area (Å²) in [5.74, 6) is 0.340. The number of halogens is 1. The van der Waals surface area contributed by atoms with Crippen LogP contribution in [0.15, 0.2) is 87.6 Å². The van der Waals surface area contributed by atoms with E-state index in [1.807, 2.05) is 72.0 Å². The van der Waals surface area contributed by atoms with Gasteiger partial charge >= 0.3 is 0 Å². The lowest BCUT2D eigenvalue weighted by Gasteiger charge is -2.21. The van der Waals surface area contributed by atoms with Gasteiger partial charge in [-0.15, -0.1) is 0 Å². The zero-order valence-electron chi connectivity index (χ0n) is 23.9. The fourth-order valence-corrected chi connectivity index (χ4v) is 7.47. The monoisotopic (exact) mass is 717 g/mol. The highest BCUT2D eigenvalue weighted by atomic mass is 79.9. The SMILES string of the molecule is CCC(=Cc1sc2ccc(Br)cc2[n+]1CC(=O)NS(C)(=O)=O)C=C1Oc2ccc(C)cc2N1Cc1ccccc1S(=O)(=O)[O-]. The molecule has 0 fully saturated rings. The lowest BCUT2D eigenvalue weighted by atomic mass is 10.1. The third kappa shape index (κ3) is 7.21. The molecular formula is C30H28BrN3O7S3. The van der Waals surface area contributed by atoms with Gasteiger partial charge in [0.1, 0.15) is 14.8 Å². The van der Waals surface area contributed by atoms with Crippen LogP contribution in [0.3, 0.4) is 0 Å². The number of aryl methyl sites for hydroxylation is 1. The molecule has 1 aromatic heterocycles. The third-order valence-corrected chi connectivity index (χ3v) is 9.92. The van der Waals surface area contributed by atoms with E-state index < -0.39 is 26.0 Å². The van der Waals surface area contributed by atoms with Gasteiger partial charge in [-0.1, -0.05) is 58.5 Å². The second kappa shape index (κ2) is 12.4. The summed E-state index contributed by atoms with van der Waals surface area (Å²) in [7, 11) is -8.45. The molecule has 0 aliphatic carbocycles. The summed E-state index contributed by atoms with van der Waals surface area (Å²) in [6.45, 7) is 3.74. The molecule has 4 aromatic rings. The Balaban J connectivity index is 1.59. The zero-order valence-corrected chi connectivity index (χ0v) is 27.9. The minimum absolute atomic E-state index is 0.0690. The molecule has 1 aliphatic heterocycles. The van der Waals surface area contributed by atoms with E-state index in [1.54, 1.807) is 16.7 Å². The summed E-state index contributed by atoms with van der Waals surface area (Å²) < 4.78 is 71.2. The van der Waals surface area contributed by atoms with Gasteiger partial charge in [0, 0.05) is 22.7 Å². The number of amides is 1. The Morgan fingerprint density at radius 2 is 1.86 bits per heavy atom. The minimum atomic E-state index is -4.71. The maximum Gasteiger partial charge on any atom is 0.299 e. The summed E-state index contributed by atoms with van der Waals surface area (Å²) >= 11 is 4.92. The van der Waals surface area contributed by atoms with Crippen LogP contribution in [0.4, 0.5) is 5.69 Å². The molecule has 2 heterocycles. The van der Waals surface area contributed by atoms with Gasteiger partial charge in [-0.25, -0.2) is 21.6 Å². The van der Waals surface area contributed by atoms with Gasteiger partial charge in [0.2, 0.25) is 28.0 Å². The molecule has 1 aliphatic rings. The number of aromatic nitrogens is 1. The number of ether oxygens (including phenoxy) is 1. The standard InChI is InChI=1S/C30H28BrN3O7S3/c1-4-20(15-30-34(18-28(35)32-43(3,36)37)24-16-22(31)10-12-26(24)42-30)14-29-33(23-13-19(2)9-11-25(23)41-29)17-21-7-5-6-8-27(21)44(38,39)40/h5-16H,4,17-18H2,1-3H3,(H-,32,35,38,39,40). The van der Waals surface area contributed by atoms with Crippen molar-refractivity contribution in [3.05, 3.63) is 98.8 Å². The Bertz CT molecular complexity index is 2070. The number of thiazole rings is 1. The molecule has 0 saturated carbocycles. The first kappa shape index (κ1) is 31.9. The maximum atomic E-state index is 12.7. The van der Waals surface area contributed by atoms with Crippen molar-refractivity contribution in [2.75, 3.05) is 11.2 Å². The molecule has 10 nitrogen and oxygen atoms in total. The summed E-state index contributed by atoms with van der Waals surface area (Å²) in [5, 5.41) is 0.705. The van der Waals surface area contributed by atoms with Crippen molar-refractivity contribution in [1.82, 2.24) is 4.72 Å². The third-order valence-electron chi connectivity index (χ3n) is 6.78. The first-order valence-electron chi connectivity index (χ1n) is 13.4. The number of sulfonamides is 1. The van der Waals surface area contributed by atoms with Crippen LogP contribution in [0, 0.1) is 6.92 Å². The highest BCUT2D eigenvalue weighted by molar-refractivity contribution is 9.10. The van der Waals surface area contributed by atoms with E-state index >= 15 is 0 Å². The summed E-state index contributed by atoms with van der Waals surface area (Å²) in [4.78, 5) is 14.2. The number of fused-ring (bicyclic) bond motifs is 2. The number of carbonyl (C=O) groups excluding carboxylic acids is 1. The van der Waals surface area contributed by atoms with Gasteiger partial charge < -0.3 is 14.2 Å². The number of hydrogen-bond donors (Lipinski definition) is 1. The molecule has 230 valence electrons. The second-order valence-electron chi connectivity index (χ2n) is 10.2. The number of carbonyl (C=O) groups is 1. The van der Waals surface area contributed by atoms with Crippen LogP contribution in [0.1, 0.15) is 29.5 Å². The minimum Gasteiger partial charge on any atom is -0.744 e. The molecule has 1 N–H and O–H groups in total. The van der Waals surface area contributed by atoms with Crippen molar-refractivity contribution in [2.45, 2.75) is 38.3 Å². The van der Waals surface area contributed by atoms with E-state index in [1.165, 1.54) is 23.5 Å². The van der Waals surface area contributed by atoms with Crippen molar-refractivity contribution >= 4 is 75.3 Å². The molecular weight excluding hydrogens is 690 g/mol. The van der Waals surface area contributed by atoms with Crippen LogP contribution in [-0.4, -0.2) is 33.6 Å². The quantitative estimate of drug-likeness (QED) is 0.189. The van der Waals surface area contributed by atoms with Gasteiger partial charge in [0.25, 0.3) is 10.9 Å². The van der Waals surface area contributed by atoms with Crippen molar-refractivity contribution in [2.24, 2.45) is 0 Å². The van der Waals surface area contributed by atoms with E-state index in [-0.39, 0.29) is 18.0 Å². The average molecular weight is 719 g/mol. The lowest BCUT2D eigenvalue weighted by Crippen LogP contribution is -2.45. The van der Waals surface area contributed by atoms with E-state index in [2.05, 4.69) is 15.9 Å². The van der Waals surface area contributed by atoms with Gasteiger partial charge in [-0.3, -0.25) is 4.79 Å². The normalized spacial score (nSPS) is 14.6. The van der Waals surface area contributed by atoms with E-state index in [9.17, 15) is 26.2 Å². The average Bonchev–Trinajstić information content (AvgIpc) is 3.43. The number of allylic oxidation sites excluding steroid dienone is 2. The van der Waals surface area contributed by atoms with Gasteiger partial charge in [0.15, 0.2) is 5.75 Å². The smallest absolute Gasteiger partial charge is 0.299 e. The van der Waals surface area contributed by atoms with Crippen molar-refractivity contribution in [1.29, 1.82) is 0 Å². The number of rotatable bonds is 9. The predicted octanol–water partition coefficient (Wildman–Crippen LogP) is 4.97. The van der Waals surface area contributed by atoms with Crippen LogP contribution in [0.25, 0.3) is 16.3 Å². The maximum absolute atomic E-state index is 12.7. The van der Waals surface area contributed by atoms with Gasteiger partial charge in [-0.05, 0) is 60.4 Å². The number of nitrogens with one attached hydrogen (secondary N) is 1. The van der Waals surface area contributed by atoms with E-state index in [4.69, 9.17) is 4.74 Å². The Kier molecular flexibility index (Phi) is 9.01. The molecule has 0 atom stereocenters. The number of hydrogen-bond acceptors (Lipinski definition) is 9. The predicted molar refractivity (Wildman–Crippen MR) is 171 cm³/mol. The Labute approximate surface area is 268 Å². The first-order chi connectivity index (χ1) is 20.7.